The van der Waals surface area contributed by atoms with Crippen molar-refractivity contribution in [3.63, 3.8) is 0 Å². The van der Waals surface area contributed by atoms with Crippen molar-refractivity contribution in [1.29, 1.82) is 0 Å². The average molecular weight is 253 g/mol. The summed E-state index contributed by atoms with van der Waals surface area (Å²) in [5.74, 6) is -2.00. The zero-order valence-electron chi connectivity index (χ0n) is 10.0. The van der Waals surface area contributed by atoms with Crippen molar-refractivity contribution in [3.05, 3.63) is 29.1 Å². The normalized spacial score (nSPS) is 10.3. The molecule has 1 rings (SSSR count). The van der Waals surface area contributed by atoms with Crippen LogP contribution in [-0.2, 0) is 33.8 Å². The SMILES string of the molecule is CCOCc1cc(CC(=O)O)nc(CC(=O)O)c1. The number of ether oxygens (including phenoxy) is 1. The van der Waals surface area contributed by atoms with Crippen molar-refractivity contribution in [2.75, 3.05) is 6.61 Å². The van der Waals surface area contributed by atoms with Gasteiger partial charge in [-0.05, 0) is 24.6 Å². The minimum absolute atomic E-state index is 0.230. The highest BCUT2D eigenvalue weighted by Crippen LogP contribution is 2.09. The number of rotatable bonds is 7. The smallest absolute Gasteiger partial charge is 0.309 e. The number of nitrogens with zero attached hydrogens (tertiary/aromatic N) is 1. The van der Waals surface area contributed by atoms with E-state index in [1.54, 1.807) is 12.1 Å². The summed E-state index contributed by atoms with van der Waals surface area (Å²) in [7, 11) is 0. The molecule has 18 heavy (non-hydrogen) atoms. The number of carbonyl (C=O) groups is 2. The monoisotopic (exact) mass is 253 g/mol. The maximum absolute atomic E-state index is 10.6. The third-order valence-electron chi connectivity index (χ3n) is 2.13. The van der Waals surface area contributed by atoms with E-state index in [0.29, 0.717) is 24.6 Å². The van der Waals surface area contributed by atoms with Crippen LogP contribution in [0.1, 0.15) is 23.9 Å². The Morgan fingerprint density at radius 3 is 2.06 bits per heavy atom. The van der Waals surface area contributed by atoms with E-state index in [4.69, 9.17) is 14.9 Å². The van der Waals surface area contributed by atoms with Crippen LogP contribution in [0.3, 0.4) is 0 Å². The fraction of sp³-hybridized carbons (Fsp3) is 0.417. The number of hydrogen-bond donors (Lipinski definition) is 2. The second-order valence-electron chi connectivity index (χ2n) is 3.74. The van der Waals surface area contributed by atoms with Gasteiger partial charge in [-0.15, -0.1) is 0 Å². The van der Waals surface area contributed by atoms with E-state index in [0.717, 1.165) is 5.56 Å². The highest BCUT2D eigenvalue weighted by atomic mass is 16.5. The molecule has 0 aliphatic rings. The summed E-state index contributed by atoms with van der Waals surface area (Å²) in [4.78, 5) is 25.3. The topological polar surface area (TPSA) is 96.7 Å². The van der Waals surface area contributed by atoms with Crippen molar-refractivity contribution in [1.82, 2.24) is 4.98 Å². The van der Waals surface area contributed by atoms with E-state index >= 15 is 0 Å². The predicted molar refractivity (Wildman–Crippen MR) is 62.2 cm³/mol. The van der Waals surface area contributed by atoms with Crippen molar-refractivity contribution in [3.8, 4) is 0 Å². The molecule has 0 radical (unpaired) electrons. The Hall–Kier alpha value is -1.95. The molecule has 0 fully saturated rings. The molecule has 1 heterocycles. The Morgan fingerprint density at radius 1 is 1.17 bits per heavy atom. The number of pyridine rings is 1. The van der Waals surface area contributed by atoms with Gasteiger partial charge in [0.05, 0.1) is 30.8 Å². The van der Waals surface area contributed by atoms with Crippen LogP contribution in [0.15, 0.2) is 12.1 Å². The van der Waals surface area contributed by atoms with Gasteiger partial charge in [-0.2, -0.15) is 0 Å². The molecule has 0 aromatic carbocycles. The van der Waals surface area contributed by atoms with Gasteiger partial charge >= 0.3 is 11.9 Å². The van der Waals surface area contributed by atoms with E-state index in [-0.39, 0.29) is 12.8 Å². The maximum atomic E-state index is 10.6. The third kappa shape index (κ3) is 4.92. The second kappa shape index (κ2) is 6.70. The van der Waals surface area contributed by atoms with Crippen LogP contribution in [0.2, 0.25) is 0 Å². The first-order valence-electron chi connectivity index (χ1n) is 5.51. The number of aromatic nitrogens is 1. The molecule has 0 unspecified atom stereocenters. The lowest BCUT2D eigenvalue weighted by Gasteiger charge is -2.07. The summed E-state index contributed by atoms with van der Waals surface area (Å²) in [6.45, 7) is 2.70. The van der Waals surface area contributed by atoms with E-state index in [2.05, 4.69) is 4.98 Å². The zero-order chi connectivity index (χ0) is 13.5. The molecule has 0 saturated carbocycles. The first-order valence-corrected chi connectivity index (χ1v) is 5.51. The minimum atomic E-state index is -1.00. The van der Waals surface area contributed by atoms with E-state index in [9.17, 15) is 9.59 Å². The van der Waals surface area contributed by atoms with Crippen LogP contribution in [0.25, 0.3) is 0 Å². The standard InChI is InChI=1S/C12H15NO5/c1-2-18-7-8-3-9(5-11(14)15)13-10(4-8)6-12(16)17/h3-4H,2,5-7H2,1H3,(H,14,15)(H,16,17). The number of carboxylic acid groups (broad SMARTS) is 2. The van der Waals surface area contributed by atoms with Gasteiger partial charge in [-0.1, -0.05) is 0 Å². The van der Waals surface area contributed by atoms with Gasteiger partial charge in [0.2, 0.25) is 0 Å². The molecule has 6 nitrogen and oxygen atoms in total. The molecule has 0 amide bonds. The predicted octanol–water partition coefficient (Wildman–Crippen LogP) is 0.872. The molecule has 1 aromatic rings. The summed E-state index contributed by atoms with van der Waals surface area (Å²) in [5, 5.41) is 17.4. The largest absolute Gasteiger partial charge is 0.481 e. The lowest BCUT2D eigenvalue weighted by Crippen LogP contribution is -2.09. The first kappa shape index (κ1) is 14.1. The molecule has 1 aromatic heterocycles. The van der Waals surface area contributed by atoms with Crippen LogP contribution in [0, 0.1) is 0 Å². The quantitative estimate of drug-likeness (QED) is 0.748. The minimum Gasteiger partial charge on any atom is -0.481 e. The van der Waals surface area contributed by atoms with Crippen LogP contribution in [-0.4, -0.2) is 33.7 Å². The molecule has 0 saturated heterocycles. The van der Waals surface area contributed by atoms with Gasteiger partial charge in [0.25, 0.3) is 0 Å². The summed E-state index contributed by atoms with van der Waals surface area (Å²) in [5.41, 5.74) is 1.42. The highest BCUT2D eigenvalue weighted by Gasteiger charge is 2.09. The Bertz CT molecular complexity index is 410. The number of aliphatic carboxylic acids is 2. The molecule has 98 valence electrons. The van der Waals surface area contributed by atoms with Crippen molar-refractivity contribution in [2.45, 2.75) is 26.4 Å². The first-order chi connectivity index (χ1) is 8.51. The fourth-order valence-corrected chi connectivity index (χ4v) is 1.51. The molecule has 0 aliphatic carbocycles. The summed E-state index contributed by atoms with van der Waals surface area (Å²) < 4.78 is 5.22. The van der Waals surface area contributed by atoms with Gasteiger partial charge in [0.15, 0.2) is 0 Å². The van der Waals surface area contributed by atoms with Crippen LogP contribution < -0.4 is 0 Å². The lowest BCUT2D eigenvalue weighted by molar-refractivity contribution is -0.137. The molecule has 0 atom stereocenters. The van der Waals surface area contributed by atoms with Crippen molar-refractivity contribution >= 4 is 11.9 Å². The average Bonchev–Trinajstić information content (AvgIpc) is 2.24. The van der Waals surface area contributed by atoms with Gasteiger partial charge < -0.3 is 14.9 Å². The molecule has 2 N–H and O–H groups in total. The molecule has 0 spiro atoms. The molecular formula is C12H15NO5. The van der Waals surface area contributed by atoms with Crippen LogP contribution in [0.4, 0.5) is 0 Å². The Morgan fingerprint density at radius 2 is 1.67 bits per heavy atom. The maximum Gasteiger partial charge on any atom is 0.309 e. The van der Waals surface area contributed by atoms with Crippen LogP contribution >= 0.6 is 0 Å². The summed E-state index contributed by atoms with van der Waals surface area (Å²) >= 11 is 0. The number of carboxylic acids is 2. The third-order valence-corrected chi connectivity index (χ3v) is 2.13. The fourth-order valence-electron chi connectivity index (χ4n) is 1.51. The van der Waals surface area contributed by atoms with Crippen LogP contribution in [0.5, 0.6) is 0 Å². The van der Waals surface area contributed by atoms with Crippen molar-refractivity contribution in [2.24, 2.45) is 0 Å². The second-order valence-corrected chi connectivity index (χ2v) is 3.74. The Balaban J connectivity index is 2.95. The van der Waals surface area contributed by atoms with E-state index in [1.165, 1.54) is 0 Å². The number of hydrogen-bond acceptors (Lipinski definition) is 4. The zero-order valence-corrected chi connectivity index (χ0v) is 10.0. The Kier molecular flexibility index (Phi) is 5.26. The molecule has 0 bridgehead atoms. The highest BCUT2D eigenvalue weighted by molar-refractivity contribution is 5.71. The van der Waals surface area contributed by atoms with Gasteiger partial charge in [0, 0.05) is 6.61 Å². The van der Waals surface area contributed by atoms with Gasteiger partial charge in [-0.3, -0.25) is 14.6 Å². The van der Waals surface area contributed by atoms with E-state index < -0.39 is 11.9 Å². The van der Waals surface area contributed by atoms with Crippen molar-refractivity contribution < 1.29 is 24.5 Å². The molecule has 0 aliphatic heterocycles. The van der Waals surface area contributed by atoms with Gasteiger partial charge in [0.1, 0.15) is 0 Å². The summed E-state index contributed by atoms with van der Waals surface area (Å²) in [6.07, 6.45) is -0.459. The lowest BCUT2D eigenvalue weighted by atomic mass is 10.1. The molecular weight excluding hydrogens is 238 g/mol. The molecule has 6 heteroatoms. The van der Waals surface area contributed by atoms with Gasteiger partial charge in [-0.25, -0.2) is 0 Å². The Labute approximate surface area is 104 Å². The summed E-state index contributed by atoms with van der Waals surface area (Å²) in [6, 6.07) is 3.24. The van der Waals surface area contributed by atoms with E-state index in [1.807, 2.05) is 6.92 Å².